The lowest BCUT2D eigenvalue weighted by atomic mass is 9.87. The average molecular weight is 408 g/mol. The summed E-state index contributed by atoms with van der Waals surface area (Å²) in [7, 11) is 0. The smallest absolute Gasteiger partial charge is 0.161 e. The zero-order chi connectivity index (χ0) is 20.7. The van der Waals surface area contributed by atoms with E-state index < -0.39 is 6.10 Å². The Bertz CT molecular complexity index is 975. The molecule has 1 spiro atoms. The van der Waals surface area contributed by atoms with Crippen LogP contribution in [0.3, 0.4) is 0 Å². The predicted molar refractivity (Wildman–Crippen MR) is 116 cm³/mol. The number of likely N-dealkylation sites (tertiary alicyclic amines) is 1. The topological polar surface area (TPSA) is 51.2 Å². The van der Waals surface area contributed by atoms with Crippen molar-refractivity contribution in [2.75, 3.05) is 32.8 Å². The largest absolute Gasteiger partial charge is 0.486 e. The number of nitrogens with zero attached hydrogens (tertiary/aromatic N) is 1. The van der Waals surface area contributed by atoms with Crippen LogP contribution in [0.5, 0.6) is 17.2 Å². The molecule has 3 aliphatic rings. The molecule has 1 unspecified atom stereocenters. The molecule has 2 aromatic carbocycles. The third-order valence-electron chi connectivity index (χ3n) is 6.59. The first kappa shape index (κ1) is 19.5. The van der Waals surface area contributed by atoms with E-state index in [0.29, 0.717) is 19.8 Å². The molecule has 0 amide bonds. The van der Waals surface area contributed by atoms with Gasteiger partial charge in [0, 0.05) is 38.0 Å². The Hall–Kier alpha value is -2.50. The highest BCUT2D eigenvalue weighted by atomic mass is 16.6. The van der Waals surface area contributed by atoms with Crippen molar-refractivity contribution in [3.63, 3.8) is 0 Å². The first-order valence-corrected chi connectivity index (χ1v) is 10.8. The molecule has 1 N–H and O–H groups in total. The van der Waals surface area contributed by atoms with E-state index in [2.05, 4.69) is 43.0 Å². The monoisotopic (exact) mass is 407 g/mol. The van der Waals surface area contributed by atoms with Gasteiger partial charge in [0.25, 0.3) is 0 Å². The number of fused-ring (bicyclic) bond motifs is 2. The van der Waals surface area contributed by atoms with E-state index in [0.717, 1.165) is 48.7 Å². The normalized spacial score (nSPS) is 20.5. The second-order valence-electron chi connectivity index (χ2n) is 8.69. The van der Waals surface area contributed by atoms with Crippen LogP contribution in [0.4, 0.5) is 0 Å². The molecule has 0 aliphatic carbocycles. The Morgan fingerprint density at radius 1 is 0.967 bits per heavy atom. The van der Waals surface area contributed by atoms with Crippen LogP contribution in [-0.2, 0) is 0 Å². The maximum absolute atomic E-state index is 10.8. The standard InChI is InChI=1S/C25H29NO4/c1-17-13-20-5-6-25(30-23(20)14-18(17)2)7-9-26(10-8-25)16-21(27)19-3-4-22-24(15-19)29-12-11-28-22/h3-6,13-15,21,27H,7-12,16H2,1-2H3. The fourth-order valence-electron chi connectivity index (χ4n) is 4.53. The number of aliphatic hydroxyl groups excluding tert-OH is 1. The van der Waals surface area contributed by atoms with Crippen molar-refractivity contribution in [2.24, 2.45) is 0 Å². The molecule has 2 aromatic rings. The molecule has 0 radical (unpaired) electrons. The van der Waals surface area contributed by atoms with Crippen molar-refractivity contribution in [3.8, 4) is 17.2 Å². The molecule has 5 rings (SSSR count). The van der Waals surface area contributed by atoms with Crippen LogP contribution in [0.2, 0.25) is 0 Å². The molecule has 0 bridgehead atoms. The fraction of sp³-hybridized carbons (Fsp3) is 0.440. The lowest BCUT2D eigenvalue weighted by Gasteiger charge is -2.42. The van der Waals surface area contributed by atoms with Crippen molar-refractivity contribution in [3.05, 3.63) is 58.7 Å². The van der Waals surface area contributed by atoms with Crippen LogP contribution >= 0.6 is 0 Å². The summed E-state index contributed by atoms with van der Waals surface area (Å²) in [5.41, 5.74) is 4.36. The Balaban J connectivity index is 1.22. The van der Waals surface area contributed by atoms with Crippen molar-refractivity contribution in [1.82, 2.24) is 4.90 Å². The number of hydrogen-bond donors (Lipinski definition) is 1. The summed E-state index contributed by atoms with van der Waals surface area (Å²) < 4.78 is 17.7. The van der Waals surface area contributed by atoms with Gasteiger partial charge in [0.05, 0.1) is 6.10 Å². The van der Waals surface area contributed by atoms with E-state index >= 15 is 0 Å². The van der Waals surface area contributed by atoms with Gasteiger partial charge in [-0.2, -0.15) is 0 Å². The highest BCUT2D eigenvalue weighted by Crippen LogP contribution is 2.39. The summed E-state index contributed by atoms with van der Waals surface area (Å²) >= 11 is 0. The van der Waals surface area contributed by atoms with Gasteiger partial charge >= 0.3 is 0 Å². The molecular formula is C25H29NO4. The van der Waals surface area contributed by atoms with Gasteiger partial charge in [-0.05, 0) is 60.9 Å². The number of piperidine rings is 1. The maximum atomic E-state index is 10.8. The van der Waals surface area contributed by atoms with Crippen LogP contribution < -0.4 is 14.2 Å². The highest BCUT2D eigenvalue weighted by molar-refractivity contribution is 5.63. The first-order chi connectivity index (χ1) is 14.5. The molecule has 1 saturated heterocycles. The maximum Gasteiger partial charge on any atom is 0.161 e. The second kappa shape index (κ2) is 7.64. The minimum atomic E-state index is -0.552. The van der Waals surface area contributed by atoms with Crippen LogP contribution in [-0.4, -0.2) is 48.5 Å². The Labute approximate surface area is 177 Å². The van der Waals surface area contributed by atoms with Crippen LogP contribution in [0.25, 0.3) is 6.08 Å². The quantitative estimate of drug-likeness (QED) is 0.832. The lowest BCUT2D eigenvalue weighted by molar-refractivity contribution is 0.0200. The molecule has 5 nitrogen and oxygen atoms in total. The first-order valence-electron chi connectivity index (χ1n) is 10.8. The van der Waals surface area contributed by atoms with E-state index in [9.17, 15) is 5.11 Å². The number of ether oxygens (including phenoxy) is 3. The van der Waals surface area contributed by atoms with E-state index in [1.54, 1.807) is 0 Å². The van der Waals surface area contributed by atoms with Gasteiger partial charge in [0.1, 0.15) is 24.6 Å². The SMILES string of the molecule is Cc1cc2c(cc1C)OC1(C=C2)CCN(CC(O)c2ccc3c(c2)OCCO3)CC1. The van der Waals surface area contributed by atoms with Crippen LogP contribution in [0.1, 0.15) is 41.2 Å². The fourth-order valence-corrected chi connectivity index (χ4v) is 4.53. The van der Waals surface area contributed by atoms with Gasteiger partial charge in [-0.15, -0.1) is 0 Å². The summed E-state index contributed by atoms with van der Waals surface area (Å²) in [6.45, 7) is 7.79. The molecular weight excluding hydrogens is 378 g/mol. The highest BCUT2D eigenvalue weighted by Gasteiger charge is 2.37. The van der Waals surface area contributed by atoms with Crippen molar-refractivity contribution in [2.45, 2.75) is 38.4 Å². The van der Waals surface area contributed by atoms with Crippen molar-refractivity contribution >= 4 is 6.08 Å². The third kappa shape index (κ3) is 3.68. The number of hydrogen-bond acceptors (Lipinski definition) is 5. The molecule has 158 valence electrons. The Kier molecular flexibility index (Phi) is 4.95. The van der Waals surface area contributed by atoms with E-state index in [4.69, 9.17) is 14.2 Å². The van der Waals surface area contributed by atoms with Gasteiger partial charge in [-0.25, -0.2) is 0 Å². The summed E-state index contributed by atoms with van der Waals surface area (Å²) in [5, 5.41) is 10.8. The van der Waals surface area contributed by atoms with E-state index in [-0.39, 0.29) is 5.60 Å². The van der Waals surface area contributed by atoms with Gasteiger partial charge in [0.15, 0.2) is 11.5 Å². The van der Waals surface area contributed by atoms with Crippen molar-refractivity contribution < 1.29 is 19.3 Å². The zero-order valence-corrected chi connectivity index (χ0v) is 17.7. The number of rotatable bonds is 3. The minimum absolute atomic E-state index is 0.229. The molecule has 1 fully saturated rings. The molecule has 3 heterocycles. The molecule has 0 saturated carbocycles. The van der Waals surface area contributed by atoms with Gasteiger partial charge in [-0.3, -0.25) is 0 Å². The molecule has 0 aromatic heterocycles. The Morgan fingerprint density at radius 3 is 2.50 bits per heavy atom. The summed E-state index contributed by atoms with van der Waals surface area (Å²) in [6, 6.07) is 10.1. The van der Waals surface area contributed by atoms with Gasteiger partial charge in [0.2, 0.25) is 0 Å². The summed E-state index contributed by atoms with van der Waals surface area (Å²) in [6.07, 6.45) is 5.74. The molecule has 3 aliphatic heterocycles. The lowest BCUT2D eigenvalue weighted by Crippen LogP contribution is -2.48. The summed E-state index contributed by atoms with van der Waals surface area (Å²) in [5.74, 6) is 2.47. The van der Waals surface area contributed by atoms with Gasteiger partial charge < -0.3 is 24.2 Å². The van der Waals surface area contributed by atoms with Gasteiger partial charge in [-0.1, -0.05) is 12.1 Å². The second-order valence-corrected chi connectivity index (χ2v) is 8.69. The average Bonchev–Trinajstić information content (AvgIpc) is 2.76. The number of aryl methyl sites for hydroxylation is 2. The summed E-state index contributed by atoms with van der Waals surface area (Å²) in [4.78, 5) is 2.32. The molecule has 1 atom stereocenters. The van der Waals surface area contributed by atoms with Crippen molar-refractivity contribution in [1.29, 1.82) is 0 Å². The number of aliphatic hydroxyl groups is 1. The number of benzene rings is 2. The van der Waals surface area contributed by atoms with Crippen LogP contribution in [0.15, 0.2) is 36.4 Å². The molecule has 5 heteroatoms. The third-order valence-corrected chi connectivity index (χ3v) is 6.59. The zero-order valence-electron chi connectivity index (χ0n) is 17.7. The predicted octanol–water partition coefficient (Wildman–Crippen LogP) is 4.05. The van der Waals surface area contributed by atoms with E-state index in [1.165, 1.54) is 16.7 Å². The number of β-amino-alcohol motifs (C(OH)–C–C–N with tert-alkyl or cyclic N) is 1. The minimum Gasteiger partial charge on any atom is -0.486 e. The Morgan fingerprint density at radius 2 is 1.70 bits per heavy atom. The van der Waals surface area contributed by atoms with E-state index in [1.807, 2.05) is 18.2 Å². The molecule has 30 heavy (non-hydrogen) atoms. The van der Waals surface area contributed by atoms with Crippen LogP contribution in [0, 0.1) is 13.8 Å².